The van der Waals surface area contributed by atoms with E-state index < -0.39 is 0 Å². The average Bonchev–Trinajstić information content (AvgIpc) is 2.45. The SMILES string of the molecule is CCc1ccc(CC(=O)NCC(N)(CC)CC)cc1.Cl. The molecule has 0 atom stereocenters. The van der Waals surface area contributed by atoms with E-state index in [1.165, 1.54) is 5.56 Å². The van der Waals surface area contributed by atoms with Crippen LogP contribution >= 0.6 is 12.4 Å². The largest absolute Gasteiger partial charge is 0.354 e. The number of nitrogens with one attached hydrogen (secondary N) is 1. The molecule has 3 N–H and O–H groups in total. The Morgan fingerprint density at radius 1 is 1.10 bits per heavy atom. The van der Waals surface area contributed by atoms with Crippen LogP contribution in [0.2, 0.25) is 0 Å². The molecule has 1 aromatic carbocycles. The van der Waals surface area contributed by atoms with Gasteiger partial charge in [0.2, 0.25) is 5.91 Å². The molecule has 4 heteroatoms. The summed E-state index contributed by atoms with van der Waals surface area (Å²) in [5.74, 6) is 0.0426. The molecule has 0 heterocycles. The van der Waals surface area contributed by atoms with E-state index in [-0.39, 0.29) is 23.9 Å². The molecule has 1 amide bonds. The van der Waals surface area contributed by atoms with E-state index in [4.69, 9.17) is 5.73 Å². The maximum absolute atomic E-state index is 11.9. The van der Waals surface area contributed by atoms with Gasteiger partial charge in [-0.3, -0.25) is 4.79 Å². The van der Waals surface area contributed by atoms with Gasteiger partial charge in [-0.25, -0.2) is 0 Å². The van der Waals surface area contributed by atoms with Crippen molar-refractivity contribution in [3.05, 3.63) is 35.4 Å². The summed E-state index contributed by atoms with van der Waals surface area (Å²) in [6, 6.07) is 8.20. The normalized spacial score (nSPS) is 10.8. The summed E-state index contributed by atoms with van der Waals surface area (Å²) in [4.78, 5) is 11.9. The van der Waals surface area contributed by atoms with E-state index in [1.54, 1.807) is 0 Å². The lowest BCUT2D eigenvalue weighted by molar-refractivity contribution is -0.120. The fourth-order valence-electron chi connectivity index (χ4n) is 1.92. The molecule has 1 rings (SSSR count). The van der Waals surface area contributed by atoms with Crippen molar-refractivity contribution in [3.63, 3.8) is 0 Å². The van der Waals surface area contributed by atoms with Gasteiger partial charge in [0.15, 0.2) is 0 Å². The Hall–Kier alpha value is -1.06. The molecule has 0 bridgehead atoms. The number of carbonyl (C=O) groups excluding carboxylic acids is 1. The summed E-state index contributed by atoms with van der Waals surface area (Å²) in [5, 5.41) is 2.94. The molecule has 0 spiro atoms. The minimum Gasteiger partial charge on any atom is -0.354 e. The predicted octanol–water partition coefficient (Wildman–Crippen LogP) is 2.85. The Kier molecular flexibility index (Phi) is 8.51. The summed E-state index contributed by atoms with van der Waals surface area (Å²) in [6.07, 6.45) is 3.19. The molecule has 0 aliphatic carbocycles. The van der Waals surface area contributed by atoms with Crippen molar-refractivity contribution in [1.82, 2.24) is 5.32 Å². The maximum Gasteiger partial charge on any atom is 0.224 e. The second-order valence-electron chi connectivity index (χ2n) is 5.19. The first-order valence-corrected chi connectivity index (χ1v) is 7.16. The third-order valence-electron chi connectivity index (χ3n) is 3.84. The lowest BCUT2D eigenvalue weighted by Gasteiger charge is -2.26. The minimum atomic E-state index is -0.276. The number of carbonyl (C=O) groups is 1. The molecular weight excluding hydrogens is 272 g/mol. The van der Waals surface area contributed by atoms with Crippen LogP contribution in [0.15, 0.2) is 24.3 Å². The van der Waals surface area contributed by atoms with Crippen LogP contribution in [0.1, 0.15) is 44.7 Å². The van der Waals surface area contributed by atoms with Gasteiger partial charge in [0.25, 0.3) is 0 Å². The van der Waals surface area contributed by atoms with Crippen molar-refractivity contribution >= 4 is 18.3 Å². The highest BCUT2D eigenvalue weighted by atomic mass is 35.5. The van der Waals surface area contributed by atoms with E-state index >= 15 is 0 Å². The Labute approximate surface area is 128 Å². The average molecular weight is 299 g/mol. The number of amides is 1. The summed E-state index contributed by atoms with van der Waals surface area (Å²) in [5.41, 5.74) is 8.23. The molecule has 0 saturated carbocycles. The third-order valence-corrected chi connectivity index (χ3v) is 3.84. The Bertz CT molecular complexity index is 399. The molecule has 3 nitrogen and oxygen atoms in total. The van der Waals surface area contributed by atoms with Crippen molar-refractivity contribution in [2.75, 3.05) is 6.54 Å². The van der Waals surface area contributed by atoms with Crippen molar-refractivity contribution in [2.24, 2.45) is 5.73 Å². The lowest BCUT2D eigenvalue weighted by atomic mass is 9.94. The number of benzene rings is 1. The molecule has 0 fully saturated rings. The van der Waals surface area contributed by atoms with E-state index in [1.807, 2.05) is 12.1 Å². The molecule has 114 valence electrons. The van der Waals surface area contributed by atoms with Crippen molar-refractivity contribution in [3.8, 4) is 0 Å². The van der Waals surface area contributed by atoms with Gasteiger partial charge in [0.1, 0.15) is 0 Å². The van der Waals surface area contributed by atoms with Gasteiger partial charge >= 0.3 is 0 Å². The number of halogens is 1. The molecule has 0 saturated heterocycles. The summed E-state index contributed by atoms with van der Waals surface area (Å²) >= 11 is 0. The molecule has 20 heavy (non-hydrogen) atoms. The summed E-state index contributed by atoms with van der Waals surface area (Å²) < 4.78 is 0. The first-order chi connectivity index (χ1) is 9.03. The summed E-state index contributed by atoms with van der Waals surface area (Å²) in [7, 11) is 0. The van der Waals surface area contributed by atoms with Gasteiger partial charge in [-0.15, -0.1) is 12.4 Å². The smallest absolute Gasteiger partial charge is 0.224 e. The van der Waals surface area contributed by atoms with Gasteiger partial charge in [-0.05, 0) is 30.4 Å². The zero-order chi connectivity index (χ0) is 14.3. The molecule has 0 unspecified atom stereocenters. The van der Waals surface area contributed by atoms with E-state index in [2.05, 4.69) is 38.2 Å². The number of rotatable bonds is 7. The Morgan fingerprint density at radius 2 is 1.60 bits per heavy atom. The van der Waals surface area contributed by atoms with Crippen molar-refractivity contribution in [2.45, 2.75) is 52.0 Å². The van der Waals surface area contributed by atoms with Gasteiger partial charge in [0.05, 0.1) is 6.42 Å². The van der Waals surface area contributed by atoms with E-state index in [9.17, 15) is 4.79 Å². The highest BCUT2D eigenvalue weighted by Crippen LogP contribution is 2.10. The van der Waals surface area contributed by atoms with Crippen LogP contribution in [0.25, 0.3) is 0 Å². The van der Waals surface area contributed by atoms with Crippen LogP contribution in [0.5, 0.6) is 0 Å². The zero-order valence-electron chi connectivity index (χ0n) is 12.7. The Morgan fingerprint density at radius 3 is 2.05 bits per heavy atom. The fourth-order valence-corrected chi connectivity index (χ4v) is 1.92. The Balaban J connectivity index is 0.00000361. The predicted molar refractivity (Wildman–Crippen MR) is 87.3 cm³/mol. The van der Waals surface area contributed by atoms with Crippen molar-refractivity contribution in [1.29, 1.82) is 0 Å². The quantitative estimate of drug-likeness (QED) is 0.813. The standard InChI is InChI=1S/C16H26N2O.ClH/c1-4-13-7-9-14(10-8-13)11-15(19)18-12-16(17,5-2)6-3;/h7-10H,4-6,11-12,17H2,1-3H3,(H,18,19);1H. The molecular formula is C16H27ClN2O. The van der Waals surface area contributed by atoms with Crippen LogP contribution in [-0.4, -0.2) is 18.0 Å². The van der Waals surface area contributed by atoms with Crippen LogP contribution in [0.3, 0.4) is 0 Å². The molecule has 0 aliphatic rings. The molecule has 0 aliphatic heterocycles. The second-order valence-corrected chi connectivity index (χ2v) is 5.19. The minimum absolute atomic E-state index is 0. The van der Waals surface area contributed by atoms with Crippen molar-refractivity contribution < 1.29 is 4.79 Å². The first kappa shape index (κ1) is 18.9. The monoisotopic (exact) mass is 298 g/mol. The van der Waals surface area contributed by atoms with Gasteiger partial charge in [-0.2, -0.15) is 0 Å². The highest BCUT2D eigenvalue weighted by Gasteiger charge is 2.20. The van der Waals surface area contributed by atoms with Crippen LogP contribution < -0.4 is 11.1 Å². The number of nitrogens with two attached hydrogens (primary N) is 1. The lowest BCUT2D eigenvalue weighted by Crippen LogP contribution is -2.49. The summed E-state index contributed by atoms with van der Waals surface area (Å²) in [6.45, 7) is 6.78. The van der Waals surface area contributed by atoms with Crippen LogP contribution in [-0.2, 0) is 17.6 Å². The van der Waals surface area contributed by atoms with E-state index in [0.717, 1.165) is 24.8 Å². The zero-order valence-corrected chi connectivity index (χ0v) is 13.6. The topological polar surface area (TPSA) is 55.1 Å². The van der Waals surface area contributed by atoms with Crippen LogP contribution in [0, 0.1) is 0 Å². The first-order valence-electron chi connectivity index (χ1n) is 7.16. The van der Waals surface area contributed by atoms with Gasteiger partial charge < -0.3 is 11.1 Å². The number of hydrogen-bond acceptors (Lipinski definition) is 2. The highest BCUT2D eigenvalue weighted by molar-refractivity contribution is 5.85. The van der Waals surface area contributed by atoms with Crippen LogP contribution in [0.4, 0.5) is 0 Å². The van der Waals surface area contributed by atoms with E-state index in [0.29, 0.717) is 13.0 Å². The molecule has 1 aromatic rings. The van der Waals surface area contributed by atoms with Gasteiger partial charge in [0, 0.05) is 12.1 Å². The number of aryl methyl sites for hydroxylation is 1. The second kappa shape index (κ2) is 8.98. The maximum atomic E-state index is 11.9. The number of hydrogen-bond donors (Lipinski definition) is 2. The molecule has 0 radical (unpaired) electrons. The third kappa shape index (κ3) is 5.93. The van der Waals surface area contributed by atoms with Gasteiger partial charge in [-0.1, -0.05) is 45.0 Å². The molecule has 0 aromatic heterocycles. The fraction of sp³-hybridized carbons (Fsp3) is 0.562.